The quantitative estimate of drug-likeness (QED) is 0.368. The van der Waals surface area contributed by atoms with Crippen LogP contribution in [0.15, 0.2) is 47.6 Å². The molecule has 0 unspecified atom stereocenters. The van der Waals surface area contributed by atoms with Gasteiger partial charge in [0.1, 0.15) is 0 Å². The Morgan fingerprint density at radius 1 is 1.27 bits per heavy atom. The number of hydrogen-bond donors (Lipinski definition) is 0. The molecule has 0 aliphatic rings. The zero-order valence-corrected chi connectivity index (χ0v) is 18.3. The highest BCUT2D eigenvalue weighted by Crippen LogP contribution is 2.31. The zero-order valence-electron chi connectivity index (χ0n) is 15.9. The van der Waals surface area contributed by atoms with Crippen molar-refractivity contribution in [1.29, 1.82) is 0 Å². The van der Waals surface area contributed by atoms with E-state index >= 15 is 0 Å². The highest BCUT2D eigenvalue weighted by atomic mass is 79.9. The van der Waals surface area contributed by atoms with Crippen molar-refractivity contribution in [3.63, 3.8) is 0 Å². The van der Waals surface area contributed by atoms with Gasteiger partial charge < -0.3 is 0 Å². The molecule has 0 N–H and O–H groups in total. The van der Waals surface area contributed by atoms with Crippen molar-refractivity contribution < 1.29 is 0 Å². The predicted molar refractivity (Wildman–Crippen MR) is 117 cm³/mol. The van der Waals surface area contributed by atoms with Crippen LogP contribution in [0.2, 0.25) is 5.02 Å². The fraction of sp³-hybridized carbons (Fsp3) is 0.409. The molecule has 140 valence electrons. The van der Waals surface area contributed by atoms with Gasteiger partial charge in [-0.25, -0.2) is 4.68 Å². The zero-order chi connectivity index (χ0) is 19.1. The molecule has 0 bridgehead atoms. The second-order valence-corrected chi connectivity index (χ2v) is 8.04. The highest BCUT2D eigenvalue weighted by molar-refractivity contribution is 9.10. The van der Waals surface area contributed by atoms with Crippen molar-refractivity contribution >= 4 is 38.8 Å². The van der Waals surface area contributed by atoms with Crippen LogP contribution in [-0.2, 0) is 0 Å². The molecule has 0 spiro atoms. The van der Waals surface area contributed by atoms with Crippen LogP contribution in [0.25, 0.3) is 11.3 Å². The van der Waals surface area contributed by atoms with Crippen molar-refractivity contribution in [1.82, 2.24) is 9.78 Å². The second kappa shape index (κ2) is 10.1. The van der Waals surface area contributed by atoms with Crippen molar-refractivity contribution in [3.05, 3.63) is 63.9 Å². The maximum atomic E-state index is 6.37. The average Bonchev–Trinajstić information content (AvgIpc) is 2.94. The smallest absolute Gasteiger partial charge is 0.0639 e. The van der Waals surface area contributed by atoms with Crippen LogP contribution in [-0.4, -0.2) is 9.78 Å². The first kappa shape index (κ1) is 21.0. The lowest BCUT2D eigenvalue weighted by molar-refractivity contribution is 0.443. The Bertz CT molecular complexity index is 770. The second-order valence-electron chi connectivity index (χ2n) is 6.78. The summed E-state index contributed by atoms with van der Waals surface area (Å²) in [6.45, 7) is 10.9. The average molecular weight is 436 g/mol. The summed E-state index contributed by atoms with van der Waals surface area (Å²) in [6, 6.07) is 7.85. The van der Waals surface area contributed by atoms with E-state index in [9.17, 15) is 0 Å². The third-order valence-corrected chi connectivity index (χ3v) is 5.78. The largest absolute Gasteiger partial charge is 0.241 e. The molecule has 0 radical (unpaired) electrons. The van der Waals surface area contributed by atoms with Crippen molar-refractivity contribution in [2.75, 3.05) is 0 Å². The lowest BCUT2D eigenvalue weighted by atomic mass is 9.92. The summed E-state index contributed by atoms with van der Waals surface area (Å²) in [5, 5.41) is 5.31. The van der Waals surface area contributed by atoms with Crippen LogP contribution in [0.3, 0.4) is 0 Å². The summed E-state index contributed by atoms with van der Waals surface area (Å²) < 4.78 is 3.05. The van der Waals surface area contributed by atoms with Gasteiger partial charge in [-0.2, -0.15) is 5.10 Å². The Morgan fingerprint density at radius 2 is 1.92 bits per heavy atom. The summed E-state index contributed by atoms with van der Waals surface area (Å²) in [4.78, 5) is 0. The fourth-order valence-corrected chi connectivity index (χ4v) is 3.86. The first-order valence-corrected chi connectivity index (χ1v) is 10.5. The fourth-order valence-electron chi connectivity index (χ4n) is 3.35. The minimum absolute atomic E-state index is 0.651. The van der Waals surface area contributed by atoms with Crippen molar-refractivity contribution in [2.24, 2.45) is 5.92 Å². The number of halogens is 2. The molecular weight excluding hydrogens is 408 g/mol. The third-order valence-electron chi connectivity index (χ3n) is 4.67. The van der Waals surface area contributed by atoms with Gasteiger partial charge in [-0.15, -0.1) is 0 Å². The molecular formula is C22H28BrClN2. The van der Waals surface area contributed by atoms with Gasteiger partial charge >= 0.3 is 0 Å². The Labute approximate surface area is 171 Å². The van der Waals surface area contributed by atoms with Gasteiger partial charge in [0.25, 0.3) is 0 Å². The molecule has 2 aromatic rings. The number of hydrogen-bond acceptors (Lipinski definition) is 1. The molecule has 2 nitrogen and oxygen atoms in total. The van der Waals surface area contributed by atoms with Gasteiger partial charge in [-0.3, -0.25) is 0 Å². The van der Waals surface area contributed by atoms with Crippen LogP contribution < -0.4 is 0 Å². The summed E-state index contributed by atoms with van der Waals surface area (Å²) in [5.74, 6) is 0.651. The highest BCUT2D eigenvalue weighted by Gasteiger charge is 2.15. The monoisotopic (exact) mass is 434 g/mol. The van der Waals surface area contributed by atoms with E-state index in [1.807, 2.05) is 35.1 Å². The number of rotatable bonds is 9. The molecule has 0 saturated heterocycles. The lowest BCUT2D eigenvalue weighted by Gasteiger charge is -2.19. The normalized spacial score (nSPS) is 12.0. The van der Waals surface area contributed by atoms with Crippen molar-refractivity contribution in [3.8, 4) is 0 Å². The molecule has 0 aliphatic heterocycles. The van der Waals surface area contributed by atoms with Gasteiger partial charge in [-0.05, 0) is 58.5 Å². The number of nitrogens with zero attached hydrogens (tertiary/aromatic N) is 2. The summed E-state index contributed by atoms with van der Waals surface area (Å²) >= 11 is 9.95. The van der Waals surface area contributed by atoms with E-state index < -0.39 is 0 Å². The van der Waals surface area contributed by atoms with Crippen LogP contribution in [0, 0.1) is 12.8 Å². The SMILES string of the molecule is C=C(/C=C(/CC(CCC)CCC)n1ncc(Br)c1C)c1ccccc1Cl. The Balaban J connectivity index is 2.41. The number of benzene rings is 1. The molecule has 0 fully saturated rings. The minimum atomic E-state index is 0.651. The molecule has 4 heteroatoms. The van der Waals surface area contributed by atoms with Gasteiger partial charge in [-0.1, -0.05) is 75.9 Å². The van der Waals surface area contributed by atoms with E-state index in [1.54, 1.807) is 0 Å². The molecule has 1 aromatic heterocycles. The van der Waals surface area contributed by atoms with E-state index in [-0.39, 0.29) is 0 Å². The summed E-state index contributed by atoms with van der Waals surface area (Å²) in [5.41, 5.74) is 4.17. The standard InChI is InChI=1S/C22H28BrClN2/c1-5-9-18(10-6-2)14-19(26-17(4)21(23)15-25-26)13-16(3)20-11-7-8-12-22(20)24/h7-8,11-13,15,18H,3,5-6,9-10,14H2,1-2,4H3/b19-13-. The molecule has 26 heavy (non-hydrogen) atoms. The van der Waals surface area contributed by atoms with Gasteiger partial charge in [0.15, 0.2) is 0 Å². The van der Waals surface area contributed by atoms with E-state index in [2.05, 4.69) is 54.5 Å². The van der Waals surface area contributed by atoms with Crippen molar-refractivity contribution in [2.45, 2.75) is 52.9 Å². The molecule has 0 saturated carbocycles. The molecule has 0 amide bonds. The first-order valence-electron chi connectivity index (χ1n) is 9.32. The van der Waals surface area contributed by atoms with Crippen LogP contribution in [0.4, 0.5) is 0 Å². The van der Waals surface area contributed by atoms with E-state index in [0.717, 1.165) is 32.7 Å². The molecule has 0 aliphatic carbocycles. The summed E-state index contributed by atoms with van der Waals surface area (Å²) in [7, 11) is 0. The summed E-state index contributed by atoms with van der Waals surface area (Å²) in [6.07, 6.45) is 9.84. The maximum Gasteiger partial charge on any atom is 0.0639 e. The lowest BCUT2D eigenvalue weighted by Crippen LogP contribution is -2.09. The molecule has 0 atom stereocenters. The molecule has 2 rings (SSSR count). The maximum absolute atomic E-state index is 6.37. The van der Waals surface area contributed by atoms with E-state index in [1.165, 1.54) is 31.4 Å². The predicted octanol–water partition coefficient (Wildman–Crippen LogP) is 7.77. The van der Waals surface area contributed by atoms with Gasteiger partial charge in [0.05, 0.1) is 16.4 Å². The third kappa shape index (κ3) is 5.34. The van der Waals surface area contributed by atoms with Gasteiger partial charge in [0.2, 0.25) is 0 Å². The van der Waals surface area contributed by atoms with E-state index in [0.29, 0.717) is 5.92 Å². The number of allylic oxidation sites excluding steroid dienone is 3. The Hall–Kier alpha value is -1.32. The van der Waals surface area contributed by atoms with Crippen LogP contribution in [0.5, 0.6) is 0 Å². The first-order chi connectivity index (χ1) is 12.5. The Kier molecular flexibility index (Phi) is 8.17. The van der Waals surface area contributed by atoms with E-state index in [4.69, 9.17) is 11.6 Å². The van der Waals surface area contributed by atoms with Crippen LogP contribution >= 0.6 is 27.5 Å². The molecule has 1 heterocycles. The van der Waals surface area contributed by atoms with Crippen LogP contribution in [0.1, 0.15) is 57.2 Å². The number of aromatic nitrogens is 2. The minimum Gasteiger partial charge on any atom is -0.241 e. The molecule has 1 aromatic carbocycles. The van der Waals surface area contributed by atoms with Gasteiger partial charge in [0, 0.05) is 10.7 Å². The topological polar surface area (TPSA) is 17.8 Å². The Morgan fingerprint density at radius 3 is 2.46 bits per heavy atom.